The van der Waals surface area contributed by atoms with E-state index in [0.29, 0.717) is 24.5 Å². The number of likely N-dealkylation sites (tertiary alicyclic amines) is 1. The summed E-state index contributed by atoms with van der Waals surface area (Å²) in [5.74, 6) is 1.31. The number of ether oxygens (including phenoxy) is 3. The van der Waals surface area contributed by atoms with Gasteiger partial charge in [-0.2, -0.15) is 0 Å². The van der Waals surface area contributed by atoms with E-state index in [1.54, 1.807) is 19.1 Å². The van der Waals surface area contributed by atoms with Gasteiger partial charge in [0.1, 0.15) is 17.1 Å². The van der Waals surface area contributed by atoms with Crippen molar-refractivity contribution < 1.29 is 24.1 Å². The minimum Gasteiger partial charge on any atom is -0.497 e. The molecule has 1 aromatic rings. The van der Waals surface area contributed by atoms with E-state index in [1.807, 2.05) is 39.0 Å². The monoisotopic (exact) mass is 337 g/mol. The van der Waals surface area contributed by atoms with E-state index >= 15 is 0 Å². The molecular weight excluding hydrogens is 310 g/mol. The average molecular weight is 337 g/mol. The van der Waals surface area contributed by atoms with E-state index < -0.39 is 17.8 Å². The number of nitrogens with zero attached hydrogens (tertiary/aromatic N) is 1. The quantitative estimate of drug-likeness (QED) is 0.918. The van der Waals surface area contributed by atoms with E-state index in [4.69, 9.17) is 14.2 Å². The zero-order chi connectivity index (χ0) is 17.9. The molecule has 134 valence electrons. The molecule has 6 nitrogen and oxygen atoms in total. The van der Waals surface area contributed by atoms with Crippen molar-refractivity contribution in [3.63, 3.8) is 0 Å². The summed E-state index contributed by atoms with van der Waals surface area (Å²) in [6, 6.07) is 5.54. The van der Waals surface area contributed by atoms with Crippen molar-refractivity contribution in [2.75, 3.05) is 27.3 Å². The van der Waals surface area contributed by atoms with Gasteiger partial charge >= 0.3 is 6.09 Å². The van der Waals surface area contributed by atoms with Crippen LogP contribution in [0.1, 0.15) is 38.7 Å². The van der Waals surface area contributed by atoms with Crippen LogP contribution in [0.4, 0.5) is 4.79 Å². The van der Waals surface area contributed by atoms with Crippen molar-refractivity contribution in [3.8, 4) is 11.5 Å². The molecule has 1 amide bonds. The second-order valence-corrected chi connectivity index (χ2v) is 7.00. The molecule has 1 aliphatic heterocycles. The first kappa shape index (κ1) is 18.4. The highest BCUT2D eigenvalue weighted by atomic mass is 16.6. The Labute approximate surface area is 143 Å². The maximum atomic E-state index is 12.2. The number of carbonyl (C=O) groups is 1. The van der Waals surface area contributed by atoms with E-state index in [0.717, 1.165) is 5.56 Å². The third-order valence-corrected chi connectivity index (χ3v) is 4.07. The Morgan fingerprint density at radius 1 is 1.25 bits per heavy atom. The van der Waals surface area contributed by atoms with Gasteiger partial charge in [0.25, 0.3) is 0 Å². The fraction of sp³-hybridized carbons (Fsp3) is 0.611. The van der Waals surface area contributed by atoms with E-state index in [2.05, 4.69) is 0 Å². The molecule has 0 radical (unpaired) electrons. The van der Waals surface area contributed by atoms with E-state index in [1.165, 1.54) is 0 Å². The first-order chi connectivity index (χ1) is 11.2. The smallest absolute Gasteiger partial charge is 0.410 e. The molecule has 0 aromatic heterocycles. The first-order valence-corrected chi connectivity index (χ1v) is 8.13. The number of benzene rings is 1. The number of aliphatic hydroxyl groups is 1. The molecule has 6 heteroatoms. The molecule has 2 atom stereocenters. The van der Waals surface area contributed by atoms with Gasteiger partial charge in [-0.1, -0.05) is 0 Å². The number of methoxy groups -OCH3 is 2. The normalized spacial score (nSPS) is 21.3. The van der Waals surface area contributed by atoms with Gasteiger partial charge in [-0.25, -0.2) is 4.79 Å². The van der Waals surface area contributed by atoms with Crippen LogP contribution < -0.4 is 9.47 Å². The number of β-amino-alcohol motifs (C(OH)–C–C–N with tert-alkyl or cyclic N) is 1. The molecule has 24 heavy (non-hydrogen) atoms. The lowest BCUT2D eigenvalue weighted by molar-refractivity contribution is -0.00171. The zero-order valence-corrected chi connectivity index (χ0v) is 15.0. The van der Waals surface area contributed by atoms with Crippen LogP contribution >= 0.6 is 0 Å². The first-order valence-electron chi connectivity index (χ1n) is 8.13. The summed E-state index contributed by atoms with van der Waals surface area (Å²) >= 11 is 0. The van der Waals surface area contributed by atoms with Crippen molar-refractivity contribution in [1.82, 2.24) is 4.90 Å². The number of piperidine rings is 1. The molecular formula is C18H27NO5. The average Bonchev–Trinajstić information content (AvgIpc) is 2.52. The van der Waals surface area contributed by atoms with Gasteiger partial charge < -0.3 is 24.2 Å². The summed E-state index contributed by atoms with van der Waals surface area (Å²) in [5, 5.41) is 10.6. The fourth-order valence-electron chi connectivity index (χ4n) is 2.92. The van der Waals surface area contributed by atoms with Gasteiger partial charge in [-0.15, -0.1) is 0 Å². The Hall–Kier alpha value is -1.95. The molecule has 1 fully saturated rings. The van der Waals surface area contributed by atoms with Crippen LogP contribution in [0.3, 0.4) is 0 Å². The third-order valence-electron chi connectivity index (χ3n) is 4.07. The highest BCUT2D eigenvalue weighted by molar-refractivity contribution is 5.68. The molecule has 2 rings (SSSR count). The highest BCUT2D eigenvalue weighted by Crippen LogP contribution is 2.37. The van der Waals surface area contributed by atoms with Gasteiger partial charge in [0, 0.05) is 18.0 Å². The maximum Gasteiger partial charge on any atom is 0.410 e. The summed E-state index contributed by atoms with van der Waals surface area (Å²) in [4.78, 5) is 13.7. The largest absolute Gasteiger partial charge is 0.497 e. The Bertz CT molecular complexity index is 581. The molecule has 1 heterocycles. The number of carbonyl (C=O) groups excluding carboxylic acids is 1. The zero-order valence-electron chi connectivity index (χ0n) is 15.0. The Morgan fingerprint density at radius 3 is 2.50 bits per heavy atom. The van der Waals surface area contributed by atoms with Crippen molar-refractivity contribution in [2.45, 2.75) is 44.8 Å². The minimum atomic E-state index is -0.688. The van der Waals surface area contributed by atoms with Crippen molar-refractivity contribution >= 4 is 6.09 Å². The van der Waals surface area contributed by atoms with E-state index in [-0.39, 0.29) is 12.5 Å². The Kier molecular flexibility index (Phi) is 5.59. The van der Waals surface area contributed by atoms with Crippen LogP contribution in [0.15, 0.2) is 18.2 Å². The molecule has 0 unspecified atom stereocenters. The van der Waals surface area contributed by atoms with Crippen LogP contribution in [0.5, 0.6) is 11.5 Å². The molecule has 1 N–H and O–H groups in total. The SMILES string of the molecule is COc1ccc(OC)c([C@@H]2CCN(C(=O)OC(C)(C)C)C[C@@H]2O)c1. The summed E-state index contributed by atoms with van der Waals surface area (Å²) in [7, 11) is 3.21. The van der Waals surface area contributed by atoms with Crippen LogP contribution in [-0.2, 0) is 4.74 Å². The van der Waals surface area contributed by atoms with Gasteiger partial charge in [0.05, 0.1) is 26.9 Å². The lowest BCUT2D eigenvalue weighted by Crippen LogP contribution is -2.47. The molecule has 1 saturated heterocycles. The lowest BCUT2D eigenvalue weighted by Gasteiger charge is -2.37. The van der Waals surface area contributed by atoms with Crippen molar-refractivity contribution in [3.05, 3.63) is 23.8 Å². The summed E-state index contributed by atoms with van der Waals surface area (Å²) in [6.45, 7) is 6.25. The van der Waals surface area contributed by atoms with Crippen molar-refractivity contribution in [2.24, 2.45) is 0 Å². The highest BCUT2D eigenvalue weighted by Gasteiger charge is 2.34. The van der Waals surface area contributed by atoms with Crippen LogP contribution in [0.25, 0.3) is 0 Å². The third kappa shape index (κ3) is 4.32. The number of hydrogen-bond donors (Lipinski definition) is 1. The predicted molar refractivity (Wildman–Crippen MR) is 90.7 cm³/mol. The number of aliphatic hydroxyl groups excluding tert-OH is 1. The second-order valence-electron chi connectivity index (χ2n) is 7.00. The lowest BCUT2D eigenvalue weighted by atomic mass is 9.86. The molecule has 0 aliphatic carbocycles. The standard InChI is InChI=1S/C18H27NO5/c1-18(2,3)24-17(21)19-9-8-13(15(20)11-19)14-10-12(22-4)6-7-16(14)23-5/h6-7,10,13,15,20H,8-9,11H2,1-5H3/t13-,15-/m0/s1. The van der Waals surface area contributed by atoms with E-state index in [9.17, 15) is 9.90 Å². The molecule has 0 spiro atoms. The molecule has 0 saturated carbocycles. The van der Waals surface area contributed by atoms with Crippen LogP contribution in [0, 0.1) is 0 Å². The Morgan fingerprint density at radius 2 is 1.96 bits per heavy atom. The topological polar surface area (TPSA) is 68.2 Å². The molecule has 1 aliphatic rings. The number of rotatable bonds is 3. The van der Waals surface area contributed by atoms with Crippen LogP contribution in [0.2, 0.25) is 0 Å². The molecule has 1 aromatic carbocycles. The van der Waals surface area contributed by atoms with Gasteiger partial charge in [0.15, 0.2) is 0 Å². The van der Waals surface area contributed by atoms with Gasteiger partial charge in [-0.3, -0.25) is 0 Å². The second kappa shape index (κ2) is 7.30. The summed E-state index contributed by atoms with van der Waals surface area (Å²) < 4.78 is 16.1. The maximum absolute atomic E-state index is 12.2. The predicted octanol–water partition coefficient (Wildman–Crippen LogP) is 2.79. The van der Waals surface area contributed by atoms with Crippen molar-refractivity contribution in [1.29, 1.82) is 0 Å². The number of amides is 1. The summed E-state index contributed by atoms with van der Waals surface area (Å²) in [6.07, 6.45) is -0.450. The number of hydrogen-bond acceptors (Lipinski definition) is 5. The summed E-state index contributed by atoms with van der Waals surface area (Å²) in [5.41, 5.74) is 0.350. The fourth-order valence-corrected chi connectivity index (χ4v) is 2.92. The van der Waals surface area contributed by atoms with Crippen LogP contribution in [-0.4, -0.2) is 55.1 Å². The van der Waals surface area contributed by atoms with Gasteiger partial charge in [-0.05, 0) is 45.4 Å². The minimum absolute atomic E-state index is 0.117. The molecule has 0 bridgehead atoms. The Balaban J connectivity index is 2.13. The van der Waals surface area contributed by atoms with Gasteiger partial charge in [0.2, 0.25) is 0 Å².